The molecule has 0 saturated heterocycles. The highest BCUT2D eigenvalue weighted by Crippen LogP contribution is 2.66. The minimum atomic E-state index is -0.754. The maximum atomic E-state index is 7.37. The first-order chi connectivity index (χ1) is 48.1. The number of pyridine rings is 2. The van der Waals surface area contributed by atoms with E-state index < -0.39 is 10.8 Å². The predicted octanol–water partition coefficient (Wildman–Crippen LogP) is 22.4. The van der Waals surface area contributed by atoms with Crippen LogP contribution in [-0.4, -0.2) is 20.2 Å². The molecule has 17 aromatic rings. The van der Waals surface area contributed by atoms with Crippen LogP contribution in [0.4, 0.5) is 0 Å². The molecule has 21 rings (SSSR count). The van der Waals surface area contributed by atoms with Gasteiger partial charge in [0.15, 0.2) is 0 Å². The largest absolute Gasteiger partial charge is 0.456 e. The third-order valence-electron chi connectivity index (χ3n) is 21.1. The summed E-state index contributed by atoms with van der Waals surface area (Å²) >= 11 is 0. The van der Waals surface area contributed by atoms with Gasteiger partial charge in [-0.2, -0.15) is 0 Å². The number of nitrogens with zero attached hydrogens (tertiary/aromatic N) is 4. The van der Waals surface area contributed by atoms with Gasteiger partial charge in [0.05, 0.1) is 33.1 Å². The summed E-state index contributed by atoms with van der Waals surface area (Å²) in [5, 5.41) is 16.0. The Labute approximate surface area is 557 Å². The van der Waals surface area contributed by atoms with Gasteiger partial charge < -0.3 is 13.9 Å². The molecular weight excluding hydrogens is 1190 g/mol. The highest BCUT2D eigenvalue weighted by Gasteiger charge is 2.54. The molecule has 0 radical (unpaired) electrons. The first-order valence-corrected chi connectivity index (χ1v) is 33.0. The lowest BCUT2D eigenvalue weighted by Crippen LogP contribution is -2.32. The van der Waals surface area contributed by atoms with E-state index in [4.69, 9.17) is 34.1 Å². The quantitative estimate of drug-likeness (QED) is 0.153. The van der Waals surface area contributed by atoms with Gasteiger partial charge in [0.1, 0.15) is 23.0 Å². The molecule has 97 heavy (non-hydrogen) atoms. The van der Waals surface area contributed by atoms with Crippen LogP contribution in [0.1, 0.15) is 44.5 Å². The number of aromatic nitrogens is 4. The van der Waals surface area contributed by atoms with Crippen LogP contribution in [0, 0.1) is 0 Å². The fourth-order valence-electron chi connectivity index (χ4n) is 17.1. The first kappa shape index (κ1) is 53.6. The molecule has 0 bridgehead atoms. The van der Waals surface area contributed by atoms with Crippen molar-refractivity contribution in [3.63, 3.8) is 0 Å². The van der Waals surface area contributed by atoms with Crippen LogP contribution >= 0.6 is 0 Å². The average molecular weight is 1240 g/mol. The second-order valence-corrected chi connectivity index (χ2v) is 25.7. The van der Waals surface area contributed by atoms with E-state index in [9.17, 15) is 0 Å². The molecule has 1 atom stereocenters. The topological polar surface area (TPSA) is 83.2 Å². The maximum absolute atomic E-state index is 7.37. The Bertz CT molecular complexity index is 6200. The van der Waals surface area contributed by atoms with Gasteiger partial charge in [-0.05, 0) is 131 Å². The van der Waals surface area contributed by atoms with Crippen LogP contribution < -0.4 is 9.47 Å². The summed E-state index contributed by atoms with van der Waals surface area (Å²) in [4.78, 5) is 10.1. The first-order valence-electron chi connectivity index (χ1n) is 33.0. The van der Waals surface area contributed by atoms with Crippen molar-refractivity contribution in [1.82, 2.24) is 20.2 Å². The normalized spacial score (nSPS) is 14.7. The van der Waals surface area contributed by atoms with Gasteiger partial charge >= 0.3 is 0 Å². The van der Waals surface area contributed by atoms with E-state index in [1.165, 1.54) is 44.5 Å². The molecule has 7 heteroatoms. The van der Waals surface area contributed by atoms with Crippen molar-refractivity contribution in [2.24, 2.45) is 0 Å². The Morgan fingerprint density at radius 2 is 0.773 bits per heavy atom. The molecule has 3 aromatic heterocycles. The van der Waals surface area contributed by atoms with Crippen LogP contribution in [-0.2, 0) is 10.8 Å². The summed E-state index contributed by atoms with van der Waals surface area (Å²) in [7, 11) is 0. The number of rotatable bonds is 6. The van der Waals surface area contributed by atoms with Gasteiger partial charge in [-0.25, -0.2) is 4.98 Å². The molecule has 1 unspecified atom stereocenters. The molecule has 0 fully saturated rings. The van der Waals surface area contributed by atoms with Crippen molar-refractivity contribution in [2.75, 3.05) is 0 Å². The lowest BCUT2D eigenvalue weighted by molar-refractivity contribution is 0.438. The Morgan fingerprint density at radius 1 is 0.268 bits per heavy atom. The zero-order valence-electron chi connectivity index (χ0n) is 52.0. The van der Waals surface area contributed by atoms with E-state index in [0.717, 1.165) is 144 Å². The molecule has 0 amide bonds. The molecule has 450 valence electrons. The average Bonchev–Trinajstić information content (AvgIpc) is 1.55. The Morgan fingerprint density at radius 3 is 1.48 bits per heavy atom. The minimum Gasteiger partial charge on any atom is -0.456 e. The van der Waals surface area contributed by atoms with Crippen LogP contribution in [0.3, 0.4) is 0 Å². The lowest BCUT2D eigenvalue weighted by Gasteiger charge is -2.40. The second-order valence-electron chi connectivity index (χ2n) is 25.7. The molecule has 2 spiro atoms. The minimum absolute atomic E-state index is 0.414. The van der Waals surface area contributed by atoms with Crippen LogP contribution in [0.15, 0.2) is 320 Å². The van der Waals surface area contributed by atoms with Crippen molar-refractivity contribution in [3.8, 4) is 113 Å². The van der Waals surface area contributed by atoms with Gasteiger partial charge in [0.25, 0.3) is 0 Å². The smallest absolute Gasteiger partial charge is 0.249 e. The molecule has 7 nitrogen and oxygen atoms in total. The monoisotopic (exact) mass is 1240 g/mol. The molecule has 0 saturated carbocycles. The third-order valence-corrected chi connectivity index (χ3v) is 21.1. The van der Waals surface area contributed by atoms with E-state index >= 15 is 0 Å². The number of ether oxygens (including phenoxy) is 2. The highest BCUT2D eigenvalue weighted by molar-refractivity contribution is 6.10. The van der Waals surface area contributed by atoms with Crippen LogP contribution in [0.2, 0.25) is 0 Å². The van der Waals surface area contributed by atoms with E-state index in [1.54, 1.807) is 0 Å². The number of hydrogen-bond acceptors (Lipinski definition) is 7. The predicted molar refractivity (Wildman–Crippen MR) is 387 cm³/mol. The van der Waals surface area contributed by atoms with Gasteiger partial charge in [0, 0.05) is 61.5 Å². The molecule has 5 heterocycles. The van der Waals surface area contributed by atoms with Crippen molar-refractivity contribution in [1.29, 1.82) is 0 Å². The van der Waals surface area contributed by atoms with Crippen molar-refractivity contribution >= 4 is 43.4 Å². The van der Waals surface area contributed by atoms with Crippen molar-refractivity contribution in [3.05, 3.63) is 360 Å². The second kappa shape index (κ2) is 20.3. The Hall–Kier alpha value is -12.8. The summed E-state index contributed by atoms with van der Waals surface area (Å²) in [6.45, 7) is 0. The van der Waals surface area contributed by atoms with E-state index in [-0.39, 0.29) is 0 Å². The summed E-state index contributed by atoms with van der Waals surface area (Å²) in [5.74, 6) is 4.12. The van der Waals surface area contributed by atoms with Crippen LogP contribution in [0.25, 0.3) is 133 Å². The van der Waals surface area contributed by atoms with Crippen molar-refractivity contribution < 1.29 is 13.9 Å². The summed E-state index contributed by atoms with van der Waals surface area (Å²) in [6, 6.07) is 111. The summed E-state index contributed by atoms with van der Waals surface area (Å²) < 4.78 is 21.5. The standard InChI is InChI=1S/C90H52N4O3/c1-2-20-55(21-3-1)87-93-94-88(97-87)82-59-46-43-56(52-57(59)44-47-66(82)68-30-18-37-76-86(68)96-79-39-14-12-34-73(79)89(76)70-31-9-6-25-63(70)64-26-7-10-32-71(64)89)58-28-16-36-75-81(58)69-27-8-11-33-72(69)90(75)74-35-13-15-40-80(74)95-85-67(29-17-38-77(85)90)62-48-49-65(61-24-5-4-23-60(61)62)78-50-45-54-42-41-53-22-19-51-91-83(53)84(54)92-78/h1-52H. The van der Waals surface area contributed by atoms with E-state index in [2.05, 4.69) is 273 Å². The SMILES string of the molecule is c1ccc(-c2nnc(-c3c(-c4cccc5c4Oc4ccccc4C54c5ccccc5-c5ccccc54)ccc4cc(-c5cccc6c5-c5ccccc5C65c6ccccc6Oc6c(-c7ccc(-c8ccc9ccc%10cccnc%10c9n8)c8ccccc78)cccc65)ccc34)o2)cc1. The fourth-order valence-corrected chi connectivity index (χ4v) is 17.1. The van der Waals surface area contributed by atoms with Crippen molar-refractivity contribution in [2.45, 2.75) is 10.8 Å². The fraction of sp³-hybridized carbons (Fsp3) is 0.0222. The molecule has 14 aromatic carbocycles. The highest BCUT2D eigenvalue weighted by atomic mass is 16.5. The summed E-state index contributed by atoms with van der Waals surface area (Å²) in [6.07, 6.45) is 1.85. The van der Waals surface area contributed by atoms with Gasteiger partial charge in [0.2, 0.25) is 11.8 Å². The maximum Gasteiger partial charge on any atom is 0.249 e. The summed E-state index contributed by atoms with van der Waals surface area (Å²) in [5.41, 5.74) is 24.2. The molecule has 4 aliphatic rings. The molecule has 2 aliphatic heterocycles. The van der Waals surface area contributed by atoms with Crippen LogP contribution in [0.5, 0.6) is 23.0 Å². The number of fused-ring (bicyclic) bond motifs is 23. The number of hydrogen-bond donors (Lipinski definition) is 0. The van der Waals surface area contributed by atoms with Gasteiger partial charge in [-0.15, -0.1) is 10.2 Å². The molecule has 0 N–H and O–H groups in total. The Kier molecular flexibility index (Phi) is 11.2. The zero-order valence-corrected chi connectivity index (χ0v) is 52.0. The van der Waals surface area contributed by atoms with Gasteiger partial charge in [-0.1, -0.05) is 267 Å². The van der Waals surface area contributed by atoms with E-state index in [1.807, 2.05) is 42.6 Å². The Balaban J connectivity index is 0.742. The number of benzene rings is 14. The molecule has 2 aliphatic carbocycles. The molecular formula is C90H52N4O3. The third kappa shape index (κ3) is 7.40. The lowest BCUT2D eigenvalue weighted by atomic mass is 9.65. The van der Waals surface area contributed by atoms with Gasteiger partial charge in [-0.3, -0.25) is 4.98 Å². The zero-order chi connectivity index (χ0) is 63.5. The van der Waals surface area contributed by atoms with E-state index in [0.29, 0.717) is 11.8 Å². The number of para-hydroxylation sites is 4.